The third kappa shape index (κ3) is 2.67. The van der Waals surface area contributed by atoms with E-state index in [1.54, 1.807) is 18.5 Å². The summed E-state index contributed by atoms with van der Waals surface area (Å²) in [5.74, 6) is -0.101. The van der Waals surface area contributed by atoms with E-state index in [4.69, 9.17) is 0 Å². The quantitative estimate of drug-likeness (QED) is 0.823. The fourth-order valence-electron chi connectivity index (χ4n) is 2.30. The lowest BCUT2D eigenvalue weighted by Crippen LogP contribution is -2.29. The highest BCUT2D eigenvalue weighted by molar-refractivity contribution is 6.04. The van der Waals surface area contributed by atoms with Crippen molar-refractivity contribution in [3.05, 3.63) is 47.8 Å². The van der Waals surface area contributed by atoms with E-state index in [0.29, 0.717) is 17.6 Å². The zero-order valence-corrected chi connectivity index (χ0v) is 11.1. The fraction of sp³-hybridized carbons (Fsp3) is 0.267. The number of nitrogens with zero attached hydrogens (tertiary/aromatic N) is 2. The SMILES string of the molecule is O=C(NCC1=CCNCC1)c1cccc2nccnc12. The minimum Gasteiger partial charge on any atom is -0.348 e. The molecule has 2 heterocycles. The molecule has 5 heteroatoms. The lowest BCUT2D eigenvalue weighted by Gasteiger charge is -2.14. The fourth-order valence-corrected chi connectivity index (χ4v) is 2.30. The summed E-state index contributed by atoms with van der Waals surface area (Å²) in [6.07, 6.45) is 6.35. The number of carbonyl (C=O) groups excluding carboxylic acids is 1. The number of aromatic nitrogens is 2. The van der Waals surface area contributed by atoms with E-state index < -0.39 is 0 Å². The van der Waals surface area contributed by atoms with Crippen LogP contribution in [0.5, 0.6) is 0 Å². The predicted molar refractivity (Wildman–Crippen MR) is 77.4 cm³/mol. The maximum absolute atomic E-state index is 12.3. The Bertz CT molecular complexity index is 660. The van der Waals surface area contributed by atoms with E-state index in [9.17, 15) is 4.79 Å². The Balaban J connectivity index is 1.77. The summed E-state index contributed by atoms with van der Waals surface area (Å²) in [4.78, 5) is 20.7. The molecule has 1 aliphatic heterocycles. The molecular weight excluding hydrogens is 252 g/mol. The number of rotatable bonds is 3. The van der Waals surface area contributed by atoms with Crippen LogP contribution in [-0.2, 0) is 0 Å². The van der Waals surface area contributed by atoms with Gasteiger partial charge in [0.1, 0.15) is 5.52 Å². The van der Waals surface area contributed by atoms with Gasteiger partial charge in [-0.3, -0.25) is 14.8 Å². The molecule has 0 radical (unpaired) electrons. The van der Waals surface area contributed by atoms with Crippen LogP contribution < -0.4 is 10.6 Å². The van der Waals surface area contributed by atoms with Gasteiger partial charge >= 0.3 is 0 Å². The van der Waals surface area contributed by atoms with E-state index >= 15 is 0 Å². The highest BCUT2D eigenvalue weighted by atomic mass is 16.1. The van der Waals surface area contributed by atoms with E-state index in [2.05, 4.69) is 26.7 Å². The van der Waals surface area contributed by atoms with Gasteiger partial charge in [-0.1, -0.05) is 17.7 Å². The molecule has 3 rings (SSSR count). The van der Waals surface area contributed by atoms with Crippen molar-refractivity contribution in [2.24, 2.45) is 0 Å². The number of hydrogen-bond donors (Lipinski definition) is 2. The van der Waals surface area contributed by atoms with Gasteiger partial charge in [0.15, 0.2) is 0 Å². The van der Waals surface area contributed by atoms with Crippen molar-refractivity contribution in [1.29, 1.82) is 0 Å². The van der Waals surface area contributed by atoms with E-state index in [1.165, 1.54) is 5.57 Å². The van der Waals surface area contributed by atoms with Crippen LogP contribution in [0.25, 0.3) is 11.0 Å². The summed E-state index contributed by atoms with van der Waals surface area (Å²) in [6.45, 7) is 2.45. The third-order valence-electron chi connectivity index (χ3n) is 3.38. The molecule has 2 N–H and O–H groups in total. The Labute approximate surface area is 117 Å². The first-order valence-electron chi connectivity index (χ1n) is 6.71. The Hall–Kier alpha value is -2.27. The van der Waals surface area contributed by atoms with Crippen LogP contribution in [0.3, 0.4) is 0 Å². The van der Waals surface area contributed by atoms with Gasteiger partial charge < -0.3 is 10.6 Å². The summed E-state index contributed by atoms with van der Waals surface area (Å²) in [5.41, 5.74) is 3.22. The largest absolute Gasteiger partial charge is 0.348 e. The molecule has 0 unspecified atom stereocenters. The van der Waals surface area contributed by atoms with Gasteiger partial charge in [-0.15, -0.1) is 0 Å². The maximum Gasteiger partial charge on any atom is 0.253 e. The van der Waals surface area contributed by atoms with Crippen LogP contribution in [0.15, 0.2) is 42.2 Å². The Morgan fingerprint density at radius 2 is 2.20 bits per heavy atom. The summed E-state index contributed by atoms with van der Waals surface area (Å²) >= 11 is 0. The molecule has 20 heavy (non-hydrogen) atoms. The van der Waals surface area contributed by atoms with Crippen LogP contribution in [-0.4, -0.2) is 35.5 Å². The molecule has 0 fully saturated rings. The van der Waals surface area contributed by atoms with Gasteiger partial charge in [0.25, 0.3) is 5.91 Å². The lowest BCUT2D eigenvalue weighted by atomic mass is 10.1. The molecule has 0 saturated heterocycles. The predicted octanol–water partition coefficient (Wildman–Crippen LogP) is 1.28. The Kier molecular flexibility index (Phi) is 3.69. The second-order valence-electron chi connectivity index (χ2n) is 4.73. The van der Waals surface area contributed by atoms with Crippen molar-refractivity contribution >= 4 is 16.9 Å². The lowest BCUT2D eigenvalue weighted by molar-refractivity contribution is 0.0958. The molecule has 1 aliphatic rings. The molecule has 5 nitrogen and oxygen atoms in total. The molecule has 0 bridgehead atoms. The molecule has 102 valence electrons. The number of carbonyl (C=O) groups is 1. The molecular formula is C15H16N4O. The smallest absolute Gasteiger partial charge is 0.253 e. The van der Waals surface area contributed by atoms with E-state index in [0.717, 1.165) is 25.0 Å². The minimum atomic E-state index is -0.101. The van der Waals surface area contributed by atoms with Crippen molar-refractivity contribution in [3.63, 3.8) is 0 Å². The number of hydrogen-bond acceptors (Lipinski definition) is 4. The zero-order valence-electron chi connectivity index (χ0n) is 11.1. The molecule has 1 amide bonds. The average molecular weight is 268 g/mol. The first kappa shape index (κ1) is 12.7. The highest BCUT2D eigenvalue weighted by Crippen LogP contribution is 2.13. The number of para-hydroxylation sites is 1. The zero-order chi connectivity index (χ0) is 13.8. The standard InChI is InChI=1S/C15H16N4O/c20-15(19-10-11-4-6-16-7-5-11)12-2-1-3-13-14(12)18-9-8-17-13/h1-4,8-9,16H,5-7,10H2,(H,19,20). The maximum atomic E-state index is 12.3. The second-order valence-corrected chi connectivity index (χ2v) is 4.73. The van der Waals surface area contributed by atoms with Crippen LogP contribution in [0.4, 0.5) is 0 Å². The van der Waals surface area contributed by atoms with Crippen molar-refractivity contribution in [3.8, 4) is 0 Å². The average Bonchev–Trinajstić information content (AvgIpc) is 2.53. The number of fused-ring (bicyclic) bond motifs is 1. The molecule has 0 saturated carbocycles. The van der Waals surface area contributed by atoms with Crippen molar-refractivity contribution < 1.29 is 4.79 Å². The van der Waals surface area contributed by atoms with Gasteiger partial charge in [-0.2, -0.15) is 0 Å². The Morgan fingerprint density at radius 3 is 3.05 bits per heavy atom. The molecule has 0 spiro atoms. The number of amides is 1. The van der Waals surface area contributed by atoms with E-state index in [1.807, 2.05) is 12.1 Å². The van der Waals surface area contributed by atoms with Crippen LogP contribution >= 0.6 is 0 Å². The van der Waals surface area contributed by atoms with Crippen molar-refractivity contribution in [1.82, 2.24) is 20.6 Å². The molecule has 1 aromatic carbocycles. The van der Waals surface area contributed by atoms with E-state index in [-0.39, 0.29) is 5.91 Å². The van der Waals surface area contributed by atoms with Gasteiger partial charge in [0, 0.05) is 25.5 Å². The summed E-state index contributed by atoms with van der Waals surface area (Å²) in [7, 11) is 0. The normalized spacial score (nSPS) is 14.9. The molecule has 1 aromatic heterocycles. The molecule has 0 aliphatic carbocycles. The summed E-state index contributed by atoms with van der Waals surface area (Å²) < 4.78 is 0. The Morgan fingerprint density at radius 1 is 1.30 bits per heavy atom. The van der Waals surface area contributed by atoms with Gasteiger partial charge in [0.05, 0.1) is 11.1 Å². The monoisotopic (exact) mass is 268 g/mol. The first-order chi connectivity index (χ1) is 9.84. The van der Waals surface area contributed by atoms with Crippen LogP contribution in [0, 0.1) is 0 Å². The topological polar surface area (TPSA) is 66.9 Å². The van der Waals surface area contributed by atoms with Gasteiger partial charge in [-0.05, 0) is 25.1 Å². The summed E-state index contributed by atoms with van der Waals surface area (Å²) in [6, 6.07) is 5.47. The number of benzene rings is 1. The summed E-state index contributed by atoms with van der Waals surface area (Å²) in [5, 5.41) is 6.21. The molecule has 2 aromatic rings. The van der Waals surface area contributed by atoms with Crippen LogP contribution in [0.2, 0.25) is 0 Å². The van der Waals surface area contributed by atoms with Crippen molar-refractivity contribution in [2.75, 3.05) is 19.6 Å². The highest BCUT2D eigenvalue weighted by Gasteiger charge is 2.12. The van der Waals surface area contributed by atoms with Gasteiger partial charge in [0.2, 0.25) is 0 Å². The van der Waals surface area contributed by atoms with Crippen LogP contribution in [0.1, 0.15) is 16.8 Å². The number of nitrogens with one attached hydrogen (secondary N) is 2. The minimum absolute atomic E-state index is 0.101. The van der Waals surface area contributed by atoms with Crippen molar-refractivity contribution in [2.45, 2.75) is 6.42 Å². The molecule has 0 atom stereocenters. The second kappa shape index (κ2) is 5.79. The first-order valence-corrected chi connectivity index (χ1v) is 6.71. The third-order valence-corrected chi connectivity index (χ3v) is 3.38. The van der Waals surface area contributed by atoms with Gasteiger partial charge in [-0.25, -0.2) is 0 Å².